The summed E-state index contributed by atoms with van der Waals surface area (Å²) in [6.45, 7) is 4.77. The Hall–Kier alpha value is -0.870. The molecule has 0 aliphatic heterocycles. The minimum absolute atomic E-state index is 0.655. The number of hydrogen-bond donors (Lipinski definition) is 2. The smallest absolute Gasteiger partial charge is 0.109 e. The summed E-state index contributed by atoms with van der Waals surface area (Å²) in [6.07, 6.45) is 7.24. The summed E-state index contributed by atoms with van der Waals surface area (Å²) in [5, 5.41) is 3.33. The topological polar surface area (TPSA) is 49.9 Å². The number of nitrogens with zero attached hydrogens (tertiary/aromatic N) is 1. The molecule has 1 aliphatic rings. The Labute approximate surface area is 110 Å². The molecule has 1 heterocycles. The number of H-pyrrole nitrogens is 1. The maximum Gasteiger partial charge on any atom is 0.109 e. The van der Waals surface area contributed by atoms with E-state index < -0.39 is 0 Å². The Balaban J connectivity index is 1.79. The molecule has 1 saturated carbocycles. The Bertz CT molecular complexity index is 351. The van der Waals surface area contributed by atoms with E-state index in [1.54, 1.807) is 7.11 Å². The van der Waals surface area contributed by atoms with E-state index >= 15 is 0 Å². The molecule has 0 spiro atoms. The zero-order valence-electron chi connectivity index (χ0n) is 11.5. The van der Waals surface area contributed by atoms with E-state index in [0.717, 1.165) is 25.6 Å². The van der Waals surface area contributed by atoms with Crippen LogP contribution in [0.3, 0.4) is 0 Å². The first-order valence-corrected chi connectivity index (χ1v) is 7.07. The molecular formula is C14H25N3O. The van der Waals surface area contributed by atoms with E-state index in [-0.39, 0.29) is 0 Å². The predicted molar refractivity (Wildman–Crippen MR) is 72.5 cm³/mol. The van der Waals surface area contributed by atoms with Crippen LogP contribution < -0.4 is 5.32 Å². The summed E-state index contributed by atoms with van der Waals surface area (Å²) in [5.74, 6) is 2.75. The molecule has 0 aromatic carbocycles. The molecule has 2 N–H and O–H groups in total. The molecule has 2 unspecified atom stereocenters. The van der Waals surface area contributed by atoms with Crippen LogP contribution in [0.2, 0.25) is 0 Å². The molecule has 0 radical (unpaired) electrons. The summed E-state index contributed by atoms with van der Waals surface area (Å²) in [6, 6.07) is 0. The SMILES string of the molecule is CCC1CCC(c2ncc(CNCCOC)[nH]2)C1. The van der Waals surface area contributed by atoms with Gasteiger partial charge in [0.15, 0.2) is 0 Å². The van der Waals surface area contributed by atoms with Gasteiger partial charge in [-0.25, -0.2) is 4.98 Å². The molecule has 1 aromatic heterocycles. The van der Waals surface area contributed by atoms with Crippen molar-refractivity contribution >= 4 is 0 Å². The van der Waals surface area contributed by atoms with Crippen LogP contribution in [-0.4, -0.2) is 30.2 Å². The van der Waals surface area contributed by atoms with Crippen molar-refractivity contribution in [3.63, 3.8) is 0 Å². The molecule has 4 heteroatoms. The average molecular weight is 251 g/mol. The van der Waals surface area contributed by atoms with Gasteiger partial charge in [-0.15, -0.1) is 0 Å². The highest BCUT2D eigenvalue weighted by atomic mass is 16.5. The van der Waals surface area contributed by atoms with Crippen molar-refractivity contribution in [2.24, 2.45) is 5.92 Å². The largest absolute Gasteiger partial charge is 0.383 e. The molecule has 1 aromatic rings. The number of rotatable bonds is 7. The van der Waals surface area contributed by atoms with E-state index in [0.29, 0.717) is 5.92 Å². The number of nitrogens with one attached hydrogen (secondary N) is 2. The maximum absolute atomic E-state index is 5.00. The van der Waals surface area contributed by atoms with Crippen molar-refractivity contribution in [3.05, 3.63) is 17.7 Å². The molecule has 2 rings (SSSR count). The first kappa shape index (κ1) is 13.6. The second-order valence-electron chi connectivity index (χ2n) is 5.25. The molecular weight excluding hydrogens is 226 g/mol. The fourth-order valence-corrected chi connectivity index (χ4v) is 2.77. The molecule has 0 saturated heterocycles. The van der Waals surface area contributed by atoms with E-state index in [1.807, 2.05) is 6.20 Å². The van der Waals surface area contributed by atoms with Crippen molar-refractivity contribution in [2.75, 3.05) is 20.3 Å². The van der Waals surface area contributed by atoms with E-state index in [4.69, 9.17) is 4.74 Å². The molecule has 0 bridgehead atoms. The van der Waals surface area contributed by atoms with Crippen molar-refractivity contribution < 1.29 is 4.74 Å². The minimum Gasteiger partial charge on any atom is -0.383 e. The van der Waals surface area contributed by atoms with E-state index in [9.17, 15) is 0 Å². The number of imidazole rings is 1. The van der Waals surface area contributed by atoms with Crippen LogP contribution in [0.15, 0.2) is 6.20 Å². The van der Waals surface area contributed by atoms with Crippen LogP contribution in [0.5, 0.6) is 0 Å². The number of ether oxygens (including phenoxy) is 1. The van der Waals surface area contributed by atoms with Crippen LogP contribution in [0.25, 0.3) is 0 Å². The molecule has 0 amide bonds. The van der Waals surface area contributed by atoms with Gasteiger partial charge in [0.25, 0.3) is 0 Å². The second kappa shape index (κ2) is 6.90. The van der Waals surface area contributed by atoms with Crippen LogP contribution in [-0.2, 0) is 11.3 Å². The standard InChI is InChI=1S/C14H25N3O/c1-3-11-4-5-12(8-11)14-16-10-13(17-14)9-15-6-7-18-2/h10-12,15H,3-9H2,1-2H3,(H,16,17). The zero-order chi connectivity index (χ0) is 12.8. The summed E-state index contributed by atoms with van der Waals surface area (Å²) in [4.78, 5) is 8.00. The number of aromatic amines is 1. The van der Waals surface area contributed by atoms with Gasteiger partial charge in [-0.3, -0.25) is 0 Å². The second-order valence-corrected chi connectivity index (χ2v) is 5.25. The van der Waals surface area contributed by atoms with Crippen molar-refractivity contribution in [1.29, 1.82) is 0 Å². The molecule has 1 fully saturated rings. The minimum atomic E-state index is 0.655. The molecule has 1 aliphatic carbocycles. The summed E-state index contributed by atoms with van der Waals surface area (Å²) in [5.41, 5.74) is 1.18. The molecule has 4 nitrogen and oxygen atoms in total. The lowest BCUT2D eigenvalue weighted by Crippen LogP contribution is -2.18. The number of aromatic nitrogens is 2. The summed E-state index contributed by atoms with van der Waals surface area (Å²) in [7, 11) is 1.72. The van der Waals surface area contributed by atoms with Crippen molar-refractivity contribution in [1.82, 2.24) is 15.3 Å². The summed E-state index contributed by atoms with van der Waals surface area (Å²) >= 11 is 0. The monoisotopic (exact) mass is 251 g/mol. The van der Waals surface area contributed by atoms with Gasteiger partial charge in [0.1, 0.15) is 5.82 Å². The van der Waals surface area contributed by atoms with Crippen LogP contribution in [0, 0.1) is 5.92 Å². The van der Waals surface area contributed by atoms with Gasteiger partial charge in [-0.05, 0) is 25.2 Å². The first-order chi connectivity index (χ1) is 8.83. The van der Waals surface area contributed by atoms with E-state index in [2.05, 4.69) is 22.2 Å². The van der Waals surface area contributed by atoms with Gasteiger partial charge < -0.3 is 15.0 Å². The molecule has 102 valence electrons. The third-order valence-corrected chi connectivity index (χ3v) is 3.95. The third-order valence-electron chi connectivity index (χ3n) is 3.95. The number of hydrogen-bond acceptors (Lipinski definition) is 3. The fraction of sp³-hybridized carbons (Fsp3) is 0.786. The van der Waals surface area contributed by atoms with Crippen molar-refractivity contribution in [2.45, 2.75) is 45.1 Å². The van der Waals surface area contributed by atoms with Gasteiger partial charge in [-0.2, -0.15) is 0 Å². The van der Waals surface area contributed by atoms with Crippen LogP contribution in [0.4, 0.5) is 0 Å². The van der Waals surface area contributed by atoms with Gasteiger partial charge in [0, 0.05) is 38.0 Å². The lowest BCUT2D eigenvalue weighted by molar-refractivity contribution is 0.199. The quantitative estimate of drug-likeness (QED) is 0.732. The highest BCUT2D eigenvalue weighted by Gasteiger charge is 2.26. The van der Waals surface area contributed by atoms with E-state index in [1.165, 1.54) is 37.2 Å². The Morgan fingerprint density at radius 3 is 3.11 bits per heavy atom. The Kier molecular flexibility index (Phi) is 5.20. The number of methoxy groups -OCH3 is 1. The maximum atomic E-state index is 5.00. The molecule has 2 atom stereocenters. The fourth-order valence-electron chi connectivity index (χ4n) is 2.77. The van der Waals surface area contributed by atoms with Gasteiger partial charge in [-0.1, -0.05) is 13.3 Å². The van der Waals surface area contributed by atoms with Crippen LogP contribution in [0.1, 0.15) is 50.0 Å². The highest BCUT2D eigenvalue weighted by Crippen LogP contribution is 2.38. The Morgan fingerprint density at radius 1 is 1.50 bits per heavy atom. The normalized spacial score (nSPS) is 23.7. The first-order valence-electron chi connectivity index (χ1n) is 7.07. The van der Waals surface area contributed by atoms with Crippen molar-refractivity contribution in [3.8, 4) is 0 Å². The third kappa shape index (κ3) is 3.56. The lowest BCUT2D eigenvalue weighted by Gasteiger charge is -2.07. The van der Waals surface area contributed by atoms with Crippen LogP contribution >= 0.6 is 0 Å². The van der Waals surface area contributed by atoms with Gasteiger partial charge in [0.2, 0.25) is 0 Å². The summed E-state index contributed by atoms with van der Waals surface area (Å²) < 4.78 is 5.00. The van der Waals surface area contributed by atoms with Gasteiger partial charge >= 0.3 is 0 Å². The lowest BCUT2D eigenvalue weighted by atomic mass is 10.0. The molecule has 18 heavy (non-hydrogen) atoms. The van der Waals surface area contributed by atoms with Gasteiger partial charge in [0.05, 0.1) is 6.61 Å². The average Bonchev–Trinajstić information content (AvgIpc) is 3.03. The highest BCUT2D eigenvalue weighted by molar-refractivity contribution is 5.07. The predicted octanol–water partition coefficient (Wildman–Crippen LogP) is 2.44. The zero-order valence-corrected chi connectivity index (χ0v) is 11.5. The Morgan fingerprint density at radius 2 is 2.39 bits per heavy atom.